The number of hydrogen-bond acceptors (Lipinski definition) is 5. The second kappa shape index (κ2) is 9.19. The number of carbonyl (C=O) groups is 1. The summed E-state index contributed by atoms with van der Waals surface area (Å²) in [5.74, 6) is 0.536. The van der Waals surface area contributed by atoms with Gasteiger partial charge in [-0.15, -0.1) is 0 Å². The van der Waals surface area contributed by atoms with Crippen LogP contribution in [0.25, 0.3) is 0 Å². The third-order valence-corrected chi connectivity index (χ3v) is 5.08. The largest absolute Gasteiger partial charge is 0.491 e. The maximum atomic E-state index is 11.0. The van der Waals surface area contributed by atoms with Crippen LogP contribution in [0.2, 0.25) is 0 Å². The van der Waals surface area contributed by atoms with Crippen LogP contribution in [0.3, 0.4) is 0 Å². The van der Waals surface area contributed by atoms with Crippen LogP contribution < -0.4 is 9.47 Å². The molecule has 1 N–H and O–H groups in total. The van der Waals surface area contributed by atoms with Crippen molar-refractivity contribution < 1.29 is 19.4 Å². The summed E-state index contributed by atoms with van der Waals surface area (Å²) in [7, 11) is 0. The number of nitrogens with zero attached hydrogens (tertiary/aromatic N) is 2. The Morgan fingerprint density at radius 3 is 2.40 bits per heavy atom. The summed E-state index contributed by atoms with van der Waals surface area (Å²) < 4.78 is 11.8. The molecule has 1 heterocycles. The van der Waals surface area contributed by atoms with Crippen LogP contribution >= 0.6 is 0 Å². The number of aliphatic carboxylic acids is 1. The molecule has 6 nitrogen and oxygen atoms in total. The summed E-state index contributed by atoms with van der Waals surface area (Å²) >= 11 is 0. The lowest BCUT2D eigenvalue weighted by atomic mass is 9.98. The zero-order valence-electron chi connectivity index (χ0n) is 17.9. The van der Waals surface area contributed by atoms with Crippen molar-refractivity contribution in [2.75, 3.05) is 13.1 Å². The van der Waals surface area contributed by atoms with E-state index >= 15 is 0 Å². The summed E-state index contributed by atoms with van der Waals surface area (Å²) in [4.78, 5) is 13.1. The second-order valence-electron chi connectivity index (χ2n) is 8.22. The standard InChI is InChI=1S/C24H28N2O4/c1-15(2)30-22-8-18(10-25)7-20(9-22)14-29-23-16(3)5-19(6-17(23)4)11-26-12-21(13-26)24(27)28/h5-9,15,21H,11-14H2,1-4H3,(H,27,28). The molecule has 30 heavy (non-hydrogen) atoms. The highest BCUT2D eigenvalue weighted by Gasteiger charge is 2.32. The molecular weight excluding hydrogens is 380 g/mol. The van der Waals surface area contributed by atoms with Crippen LogP contribution in [-0.2, 0) is 17.9 Å². The zero-order valence-corrected chi connectivity index (χ0v) is 17.9. The first-order valence-corrected chi connectivity index (χ1v) is 10.1. The number of nitriles is 1. The van der Waals surface area contributed by atoms with E-state index < -0.39 is 5.97 Å². The van der Waals surface area contributed by atoms with E-state index in [4.69, 9.17) is 14.6 Å². The monoisotopic (exact) mass is 408 g/mol. The van der Waals surface area contributed by atoms with Crippen LogP contribution in [0.5, 0.6) is 11.5 Å². The first kappa shape index (κ1) is 21.7. The van der Waals surface area contributed by atoms with E-state index in [0.717, 1.165) is 34.5 Å². The van der Waals surface area contributed by atoms with E-state index in [1.54, 1.807) is 6.07 Å². The molecule has 0 unspecified atom stereocenters. The van der Waals surface area contributed by atoms with Crippen LogP contribution in [0.1, 0.15) is 41.7 Å². The lowest BCUT2D eigenvalue weighted by molar-refractivity contribution is -0.147. The molecule has 1 aliphatic rings. The van der Waals surface area contributed by atoms with Gasteiger partial charge in [0.25, 0.3) is 0 Å². The van der Waals surface area contributed by atoms with Crippen LogP contribution in [0.4, 0.5) is 0 Å². The molecule has 6 heteroatoms. The number of carboxylic acid groups (broad SMARTS) is 1. The number of likely N-dealkylation sites (tertiary alicyclic amines) is 1. The fourth-order valence-corrected chi connectivity index (χ4v) is 3.78. The minimum absolute atomic E-state index is 0.0296. The summed E-state index contributed by atoms with van der Waals surface area (Å²) in [6.07, 6.45) is 0.0296. The first-order chi connectivity index (χ1) is 14.2. The number of hydrogen-bond donors (Lipinski definition) is 1. The van der Waals surface area contributed by atoms with Gasteiger partial charge >= 0.3 is 5.97 Å². The maximum Gasteiger partial charge on any atom is 0.309 e. The first-order valence-electron chi connectivity index (χ1n) is 10.1. The molecule has 0 bridgehead atoms. The maximum absolute atomic E-state index is 11.0. The molecule has 0 aromatic heterocycles. The highest BCUT2D eigenvalue weighted by molar-refractivity contribution is 5.71. The molecule has 3 rings (SSSR count). The average Bonchev–Trinajstić information content (AvgIpc) is 2.62. The molecule has 0 aliphatic carbocycles. The van der Waals surface area contributed by atoms with Crippen molar-refractivity contribution in [3.05, 3.63) is 58.1 Å². The van der Waals surface area contributed by atoms with E-state index in [-0.39, 0.29) is 12.0 Å². The Hall–Kier alpha value is -3.04. The van der Waals surface area contributed by atoms with Gasteiger partial charge in [0.2, 0.25) is 0 Å². The van der Waals surface area contributed by atoms with Gasteiger partial charge in [0, 0.05) is 19.6 Å². The lowest BCUT2D eigenvalue weighted by Gasteiger charge is -2.36. The molecule has 0 amide bonds. The Labute approximate surface area is 177 Å². The van der Waals surface area contributed by atoms with E-state index in [1.165, 1.54) is 0 Å². The molecule has 1 saturated heterocycles. The van der Waals surface area contributed by atoms with Crippen LogP contribution in [0.15, 0.2) is 30.3 Å². The normalized spacial score (nSPS) is 14.3. The molecule has 2 aromatic rings. The average molecular weight is 408 g/mol. The topological polar surface area (TPSA) is 82.8 Å². The molecule has 0 atom stereocenters. The minimum atomic E-state index is -0.718. The molecule has 2 aromatic carbocycles. The Kier molecular flexibility index (Phi) is 6.63. The summed E-state index contributed by atoms with van der Waals surface area (Å²) in [6.45, 7) is 10.2. The minimum Gasteiger partial charge on any atom is -0.491 e. The predicted octanol–water partition coefficient (Wildman–Crippen LogP) is 4.06. The quantitative estimate of drug-likeness (QED) is 0.709. The van der Waals surface area contributed by atoms with Gasteiger partial charge in [-0.25, -0.2) is 0 Å². The highest BCUT2D eigenvalue weighted by atomic mass is 16.5. The number of benzene rings is 2. The molecule has 1 aliphatic heterocycles. The number of ether oxygens (including phenoxy) is 2. The van der Waals surface area contributed by atoms with Gasteiger partial charge in [-0.1, -0.05) is 12.1 Å². The van der Waals surface area contributed by atoms with Crippen molar-refractivity contribution in [1.29, 1.82) is 5.26 Å². The van der Waals surface area contributed by atoms with Gasteiger partial charge in [0.05, 0.1) is 23.7 Å². The molecule has 0 saturated carbocycles. The van der Waals surface area contributed by atoms with E-state index in [0.29, 0.717) is 31.0 Å². The zero-order chi connectivity index (χ0) is 21.8. The van der Waals surface area contributed by atoms with Crippen molar-refractivity contribution in [2.24, 2.45) is 5.92 Å². The van der Waals surface area contributed by atoms with Gasteiger partial charge in [0.1, 0.15) is 18.1 Å². The highest BCUT2D eigenvalue weighted by Crippen LogP contribution is 2.28. The Bertz CT molecular complexity index is 949. The number of aryl methyl sites for hydroxylation is 2. The fourth-order valence-electron chi connectivity index (χ4n) is 3.78. The van der Waals surface area contributed by atoms with Gasteiger partial charge in [-0.3, -0.25) is 9.69 Å². The molecule has 1 fully saturated rings. The Morgan fingerprint density at radius 1 is 1.17 bits per heavy atom. The van der Waals surface area contributed by atoms with Crippen LogP contribution in [0, 0.1) is 31.1 Å². The smallest absolute Gasteiger partial charge is 0.309 e. The summed E-state index contributed by atoms with van der Waals surface area (Å²) in [5.41, 5.74) is 4.66. The third-order valence-electron chi connectivity index (χ3n) is 5.08. The van der Waals surface area contributed by atoms with Crippen molar-refractivity contribution >= 4 is 5.97 Å². The number of carboxylic acids is 1. The van der Waals surface area contributed by atoms with Crippen molar-refractivity contribution in [3.63, 3.8) is 0 Å². The van der Waals surface area contributed by atoms with Gasteiger partial charge in [0.15, 0.2) is 0 Å². The van der Waals surface area contributed by atoms with Gasteiger partial charge in [-0.05, 0) is 68.1 Å². The van der Waals surface area contributed by atoms with E-state index in [9.17, 15) is 10.1 Å². The lowest BCUT2D eigenvalue weighted by Crippen LogP contribution is -2.49. The number of rotatable bonds is 8. The van der Waals surface area contributed by atoms with Crippen molar-refractivity contribution in [2.45, 2.75) is 47.0 Å². The molecule has 158 valence electrons. The van der Waals surface area contributed by atoms with E-state index in [1.807, 2.05) is 39.8 Å². The van der Waals surface area contributed by atoms with Gasteiger partial charge < -0.3 is 14.6 Å². The molecular formula is C24H28N2O4. The van der Waals surface area contributed by atoms with E-state index in [2.05, 4.69) is 23.1 Å². The van der Waals surface area contributed by atoms with Crippen molar-refractivity contribution in [1.82, 2.24) is 4.90 Å². The van der Waals surface area contributed by atoms with Crippen molar-refractivity contribution in [3.8, 4) is 17.6 Å². The Morgan fingerprint density at radius 2 is 1.83 bits per heavy atom. The summed E-state index contributed by atoms with van der Waals surface area (Å²) in [6, 6.07) is 11.8. The molecule has 0 spiro atoms. The fraction of sp³-hybridized carbons (Fsp3) is 0.417. The van der Waals surface area contributed by atoms with Gasteiger partial charge in [-0.2, -0.15) is 5.26 Å². The predicted molar refractivity (Wildman–Crippen MR) is 114 cm³/mol. The third kappa shape index (κ3) is 5.31. The Balaban J connectivity index is 1.67. The molecule has 0 radical (unpaired) electrons. The summed E-state index contributed by atoms with van der Waals surface area (Å²) in [5, 5.41) is 18.3. The van der Waals surface area contributed by atoms with Crippen LogP contribution in [-0.4, -0.2) is 35.2 Å². The SMILES string of the molecule is Cc1cc(CN2CC(C(=O)O)C2)cc(C)c1OCc1cc(C#N)cc(OC(C)C)c1. The second-order valence-corrected chi connectivity index (χ2v) is 8.22.